The summed E-state index contributed by atoms with van der Waals surface area (Å²) in [6.45, 7) is 4.00. The first kappa shape index (κ1) is 25.7. The number of aliphatic imine (C=N–C) groups is 1. The van der Waals surface area contributed by atoms with E-state index in [1.165, 1.54) is 6.07 Å². The van der Waals surface area contributed by atoms with Crippen LogP contribution in [0.2, 0.25) is 0 Å². The Morgan fingerprint density at radius 2 is 1.68 bits per heavy atom. The predicted octanol–water partition coefficient (Wildman–Crippen LogP) is 5.00. The molecule has 0 aliphatic carbocycles. The van der Waals surface area contributed by atoms with Crippen LogP contribution in [0.25, 0.3) is 10.8 Å². The van der Waals surface area contributed by atoms with Crippen molar-refractivity contribution in [2.75, 3.05) is 16.8 Å². The van der Waals surface area contributed by atoms with Gasteiger partial charge in [-0.05, 0) is 34.5 Å². The molecule has 1 aromatic heterocycles. The number of fused-ring (bicyclic) bond motifs is 1. The highest BCUT2D eigenvalue weighted by atomic mass is 19.4. The second-order valence-corrected chi connectivity index (χ2v) is 8.03. The molecular formula is C26H27F3N8. The number of benzene rings is 3. The fraction of sp³-hybridized carbons (Fsp3) is 0.192. The van der Waals surface area contributed by atoms with E-state index >= 15 is 0 Å². The van der Waals surface area contributed by atoms with E-state index in [-0.39, 0.29) is 11.6 Å². The Balaban J connectivity index is 0.00000156. The molecular weight excluding hydrogens is 481 g/mol. The van der Waals surface area contributed by atoms with E-state index in [2.05, 4.69) is 31.1 Å². The fourth-order valence-electron chi connectivity index (χ4n) is 4.05. The van der Waals surface area contributed by atoms with Crippen LogP contribution in [-0.4, -0.2) is 15.9 Å². The number of nitrogen functional groups attached to an aromatic ring is 2. The van der Waals surface area contributed by atoms with Crippen LogP contribution in [0.3, 0.4) is 0 Å². The normalized spacial score (nSPS) is 14.9. The summed E-state index contributed by atoms with van der Waals surface area (Å²) in [7, 11) is 0. The molecule has 0 fully saturated rings. The number of hydrazine groups is 1. The zero-order valence-corrected chi connectivity index (χ0v) is 20.3. The Labute approximate surface area is 212 Å². The number of halogens is 3. The van der Waals surface area contributed by atoms with Crippen molar-refractivity contribution in [3.05, 3.63) is 89.1 Å². The van der Waals surface area contributed by atoms with E-state index in [0.717, 1.165) is 34.0 Å². The quantitative estimate of drug-likeness (QED) is 0.262. The van der Waals surface area contributed by atoms with Crippen molar-refractivity contribution >= 4 is 34.2 Å². The van der Waals surface area contributed by atoms with Gasteiger partial charge >= 0.3 is 6.18 Å². The Morgan fingerprint density at radius 1 is 0.919 bits per heavy atom. The highest BCUT2D eigenvalue weighted by Gasteiger charge is 2.30. The van der Waals surface area contributed by atoms with Gasteiger partial charge in [0.2, 0.25) is 11.9 Å². The van der Waals surface area contributed by atoms with E-state index in [9.17, 15) is 13.2 Å². The largest absolute Gasteiger partial charge is 0.416 e. The van der Waals surface area contributed by atoms with Crippen molar-refractivity contribution in [3.8, 4) is 0 Å². The minimum absolute atomic E-state index is 0.122. The maximum Gasteiger partial charge on any atom is 0.416 e. The number of hydrogen-bond acceptors (Lipinski definition) is 8. The monoisotopic (exact) mass is 508 g/mol. The Hall–Kier alpha value is -4.38. The number of hydrogen-bond donors (Lipinski definition) is 5. The lowest BCUT2D eigenvalue weighted by Crippen LogP contribution is -2.35. The number of guanidine groups is 1. The molecule has 0 radical (unpaired) electrons. The zero-order valence-electron chi connectivity index (χ0n) is 20.3. The standard InChI is InChI=1S/C24H21F3N8.C2H6/c25-24(26,27)14-4-3-5-15(11-14)31-23-33-21(34-35-23)19-9-8-13(17-6-1-2-7-18(17)19)10-16-12-20(28)32-22(29)30-16;1-2/h1-9,11-12,21,34H,10H2,(H2,31,33,35)(H4,28,29,30,32);1-2H3. The van der Waals surface area contributed by atoms with Gasteiger partial charge in [-0.1, -0.05) is 56.3 Å². The maximum atomic E-state index is 13.0. The summed E-state index contributed by atoms with van der Waals surface area (Å²) < 4.78 is 39.1. The van der Waals surface area contributed by atoms with E-state index in [1.807, 2.05) is 50.2 Å². The Kier molecular flexibility index (Phi) is 7.44. The third kappa shape index (κ3) is 5.89. The van der Waals surface area contributed by atoms with Crippen molar-refractivity contribution in [2.45, 2.75) is 32.6 Å². The smallest absolute Gasteiger partial charge is 0.384 e. The van der Waals surface area contributed by atoms with E-state index in [0.29, 0.717) is 23.9 Å². The van der Waals surface area contributed by atoms with Crippen molar-refractivity contribution < 1.29 is 13.2 Å². The molecule has 0 bridgehead atoms. The molecule has 8 nitrogen and oxygen atoms in total. The van der Waals surface area contributed by atoms with Crippen molar-refractivity contribution in [3.63, 3.8) is 0 Å². The first-order valence-electron chi connectivity index (χ1n) is 11.7. The molecule has 3 aromatic carbocycles. The van der Waals surface area contributed by atoms with Crippen LogP contribution < -0.4 is 27.6 Å². The highest BCUT2D eigenvalue weighted by molar-refractivity contribution is 5.95. The molecule has 11 heteroatoms. The van der Waals surface area contributed by atoms with Crippen LogP contribution in [-0.2, 0) is 12.6 Å². The van der Waals surface area contributed by atoms with Gasteiger partial charge in [0, 0.05) is 23.7 Å². The number of nitrogens with two attached hydrogens (primary N) is 2. The van der Waals surface area contributed by atoms with E-state index in [1.54, 1.807) is 12.1 Å². The lowest BCUT2D eigenvalue weighted by atomic mass is 9.95. The van der Waals surface area contributed by atoms with Crippen LogP contribution in [0.15, 0.2) is 71.7 Å². The summed E-state index contributed by atoms with van der Waals surface area (Å²) in [6, 6.07) is 18.5. The van der Waals surface area contributed by atoms with Crippen LogP contribution in [0.4, 0.5) is 30.6 Å². The number of anilines is 3. The van der Waals surface area contributed by atoms with Crippen molar-refractivity contribution in [1.29, 1.82) is 0 Å². The molecule has 5 rings (SSSR count). The van der Waals surface area contributed by atoms with Gasteiger partial charge in [-0.15, -0.1) is 0 Å². The molecule has 192 valence electrons. The van der Waals surface area contributed by atoms with Crippen LogP contribution in [0, 0.1) is 0 Å². The van der Waals surface area contributed by atoms with Crippen molar-refractivity contribution in [1.82, 2.24) is 20.8 Å². The summed E-state index contributed by atoms with van der Waals surface area (Å²) in [5.41, 5.74) is 19.7. The molecule has 1 aliphatic rings. The van der Waals surface area contributed by atoms with Gasteiger partial charge in [0.05, 0.1) is 11.3 Å². The molecule has 0 amide bonds. The minimum Gasteiger partial charge on any atom is -0.384 e. The molecule has 1 unspecified atom stereocenters. The van der Waals surface area contributed by atoms with Crippen LogP contribution in [0.5, 0.6) is 0 Å². The van der Waals surface area contributed by atoms with Crippen LogP contribution in [0.1, 0.15) is 42.4 Å². The third-order valence-corrected chi connectivity index (χ3v) is 5.57. The molecule has 4 aromatic rings. The summed E-state index contributed by atoms with van der Waals surface area (Å²) in [5.74, 6) is 0.747. The Bertz CT molecular complexity index is 1420. The number of nitrogens with one attached hydrogen (secondary N) is 3. The lowest BCUT2D eigenvalue weighted by molar-refractivity contribution is -0.137. The SMILES string of the molecule is CC.Nc1cc(Cc2ccc(C3N=C(Nc4cccc(C(F)(F)F)c4)NN3)c3ccccc23)nc(N)n1. The average Bonchev–Trinajstić information content (AvgIpc) is 3.32. The van der Waals surface area contributed by atoms with Gasteiger partial charge < -0.3 is 16.8 Å². The lowest BCUT2D eigenvalue weighted by Gasteiger charge is -2.14. The first-order chi connectivity index (χ1) is 17.8. The number of nitrogens with zero attached hydrogens (tertiary/aromatic N) is 3. The molecule has 7 N–H and O–H groups in total. The molecule has 1 atom stereocenters. The summed E-state index contributed by atoms with van der Waals surface area (Å²) >= 11 is 0. The van der Waals surface area contributed by atoms with Gasteiger partial charge in [0.25, 0.3) is 0 Å². The van der Waals surface area contributed by atoms with E-state index < -0.39 is 17.9 Å². The average molecular weight is 509 g/mol. The van der Waals surface area contributed by atoms with Crippen LogP contribution >= 0.6 is 0 Å². The van der Waals surface area contributed by atoms with Gasteiger partial charge in [-0.25, -0.2) is 15.4 Å². The second kappa shape index (κ2) is 10.7. The highest BCUT2D eigenvalue weighted by Crippen LogP contribution is 2.32. The fourth-order valence-corrected chi connectivity index (χ4v) is 4.05. The molecule has 0 spiro atoms. The van der Waals surface area contributed by atoms with Crippen molar-refractivity contribution in [2.24, 2.45) is 4.99 Å². The molecule has 0 saturated heterocycles. The Morgan fingerprint density at radius 3 is 2.41 bits per heavy atom. The summed E-state index contributed by atoms with van der Waals surface area (Å²) in [4.78, 5) is 12.8. The zero-order chi connectivity index (χ0) is 26.6. The predicted molar refractivity (Wildman–Crippen MR) is 140 cm³/mol. The van der Waals surface area contributed by atoms with Gasteiger partial charge in [0.15, 0.2) is 0 Å². The van der Waals surface area contributed by atoms with Gasteiger partial charge in [-0.2, -0.15) is 18.2 Å². The first-order valence-corrected chi connectivity index (χ1v) is 11.7. The number of rotatable bonds is 4. The van der Waals surface area contributed by atoms with Gasteiger partial charge in [-0.3, -0.25) is 5.43 Å². The topological polar surface area (TPSA) is 126 Å². The maximum absolute atomic E-state index is 13.0. The molecule has 1 aliphatic heterocycles. The number of aromatic nitrogens is 2. The number of alkyl halides is 3. The molecule has 0 saturated carbocycles. The summed E-state index contributed by atoms with van der Waals surface area (Å²) in [5, 5.41) is 4.88. The third-order valence-electron chi connectivity index (χ3n) is 5.57. The molecule has 37 heavy (non-hydrogen) atoms. The second-order valence-electron chi connectivity index (χ2n) is 8.03. The summed E-state index contributed by atoms with van der Waals surface area (Å²) in [6.07, 6.45) is -4.36. The van der Waals surface area contributed by atoms with Gasteiger partial charge in [0.1, 0.15) is 12.0 Å². The minimum atomic E-state index is -4.42. The molecule has 2 heterocycles. The van der Waals surface area contributed by atoms with E-state index in [4.69, 9.17) is 11.5 Å².